The van der Waals surface area contributed by atoms with E-state index in [0.29, 0.717) is 11.4 Å². The fourth-order valence-electron chi connectivity index (χ4n) is 1.15. The van der Waals surface area contributed by atoms with E-state index < -0.39 is 9.84 Å². The predicted molar refractivity (Wildman–Crippen MR) is 51.9 cm³/mol. The fourth-order valence-corrected chi connectivity index (χ4v) is 1.93. The van der Waals surface area contributed by atoms with Crippen molar-refractivity contribution in [1.82, 2.24) is 4.98 Å². The Balaban J connectivity index is 3.03. The third-order valence-electron chi connectivity index (χ3n) is 1.46. The topological polar surface area (TPSA) is 73.0 Å². The first-order valence-corrected chi connectivity index (χ1v) is 5.83. The number of hydrogen-bond donors (Lipinski definition) is 1. The second-order valence-corrected chi connectivity index (χ2v) is 5.25. The molecule has 0 saturated heterocycles. The van der Waals surface area contributed by atoms with E-state index in [-0.39, 0.29) is 5.75 Å². The van der Waals surface area contributed by atoms with Crippen molar-refractivity contribution in [2.75, 3.05) is 12.0 Å². The third kappa shape index (κ3) is 3.42. The maximum absolute atomic E-state index is 11.0. The highest BCUT2D eigenvalue weighted by Gasteiger charge is 2.05. The van der Waals surface area contributed by atoms with Crippen molar-refractivity contribution in [3.05, 3.63) is 23.4 Å². The molecule has 0 radical (unpaired) electrons. The molecular formula is C8H12N2O2S. The largest absolute Gasteiger partial charge is 0.384 e. The summed E-state index contributed by atoms with van der Waals surface area (Å²) in [6, 6.07) is 3.30. The van der Waals surface area contributed by atoms with Crippen LogP contribution in [0.3, 0.4) is 0 Å². The van der Waals surface area contributed by atoms with Crippen LogP contribution >= 0.6 is 0 Å². The van der Waals surface area contributed by atoms with Crippen molar-refractivity contribution in [3.63, 3.8) is 0 Å². The highest BCUT2D eigenvalue weighted by Crippen LogP contribution is 2.09. The second kappa shape index (κ2) is 3.33. The molecule has 5 heteroatoms. The quantitative estimate of drug-likeness (QED) is 0.755. The van der Waals surface area contributed by atoms with Crippen LogP contribution in [0.5, 0.6) is 0 Å². The van der Waals surface area contributed by atoms with Gasteiger partial charge in [-0.1, -0.05) is 0 Å². The Kier molecular flexibility index (Phi) is 2.56. The Hall–Kier alpha value is -1.10. The molecule has 0 aliphatic carbocycles. The van der Waals surface area contributed by atoms with Crippen molar-refractivity contribution >= 4 is 15.7 Å². The molecule has 13 heavy (non-hydrogen) atoms. The third-order valence-corrected chi connectivity index (χ3v) is 2.32. The van der Waals surface area contributed by atoms with Gasteiger partial charge in [-0.05, 0) is 24.6 Å². The number of nitrogens with zero attached hydrogens (tertiary/aromatic N) is 1. The molecule has 0 bridgehead atoms. The van der Waals surface area contributed by atoms with Crippen molar-refractivity contribution in [2.45, 2.75) is 12.7 Å². The molecule has 2 N–H and O–H groups in total. The molecule has 4 nitrogen and oxygen atoms in total. The van der Waals surface area contributed by atoms with Gasteiger partial charge >= 0.3 is 0 Å². The van der Waals surface area contributed by atoms with Crippen molar-refractivity contribution in [2.24, 2.45) is 0 Å². The number of nitrogen functional groups attached to an aromatic ring is 1. The summed E-state index contributed by atoms with van der Waals surface area (Å²) in [6.45, 7) is 1.78. The molecular weight excluding hydrogens is 188 g/mol. The normalized spacial score (nSPS) is 11.5. The Bertz CT molecular complexity index is 392. The van der Waals surface area contributed by atoms with E-state index in [4.69, 9.17) is 5.73 Å². The number of hydrogen-bond acceptors (Lipinski definition) is 4. The number of rotatable bonds is 2. The maximum atomic E-state index is 11.0. The summed E-state index contributed by atoms with van der Waals surface area (Å²) in [5.41, 5.74) is 6.89. The monoisotopic (exact) mass is 200 g/mol. The molecule has 0 fully saturated rings. The van der Waals surface area contributed by atoms with E-state index in [1.54, 1.807) is 19.1 Å². The Morgan fingerprint density at radius 3 is 2.54 bits per heavy atom. The molecule has 0 amide bonds. The first-order valence-electron chi connectivity index (χ1n) is 3.77. The lowest BCUT2D eigenvalue weighted by molar-refractivity contribution is 0.601. The zero-order chi connectivity index (χ0) is 10.1. The molecule has 0 saturated carbocycles. The van der Waals surface area contributed by atoms with E-state index >= 15 is 0 Å². The Labute approximate surface area is 77.7 Å². The van der Waals surface area contributed by atoms with Crippen LogP contribution in [0.15, 0.2) is 12.1 Å². The minimum absolute atomic E-state index is 0.0144. The van der Waals surface area contributed by atoms with Gasteiger partial charge in [-0.3, -0.25) is 0 Å². The lowest BCUT2D eigenvalue weighted by Gasteiger charge is -2.02. The Morgan fingerprint density at radius 1 is 1.46 bits per heavy atom. The number of nitrogens with two attached hydrogens (primary N) is 1. The standard InChI is InChI=1S/C8H12N2O2S/c1-6-3-7(4-8(9)10-6)5-13(2,11)12/h3-4H,5H2,1-2H3,(H2,9,10). The molecule has 1 aromatic rings. The summed E-state index contributed by atoms with van der Waals surface area (Å²) in [4.78, 5) is 3.95. The van der Waals surface area contributed by atoms with Crippen LogP contribution in [0.4, 0.5) is 5.82 Å². The van der Waals surface area contributed by atoms with E-state index in [1.165, 1.54) is 6.26 Å². The van der Waals surface area contributed by atoms with E-state index in [2.05, 4.69) is 4.98 Å². The molecule has 1 aromatic heterocycles. The van der Waals surface area contributed by atoms with Gasteiger partial charge in [0.05, 0.1) is 5.75 Å². The molecule has 1 rings (SSSR count). The van der Waals surface area contributed by atoms with Crippen LogP contribution < -0.4 is 5.73 Å². The average Bonchev–Trinajstić information content (AvgIpc) is 1.78. The van der Waals surface area contributed by atoms with Crippen LogP contribution in [0.1, 0.15) is 11.3 Å². The lowest BCUT2D eigenvalue weighted by atomic mass is 10.2. The number of sulfone groups is 1. The molecule has 1 heterocycles. The maximum Gasteiger partial charge on any atom is 0.151 e. The lowest BCUT2D eigenvalue weighted by Crippen LogP contribution is -2.03. The van der Waals surface area contributed by atoms with Crippen molar-refractivity contribution in [1.29, 1.82) is 0 Å². The number of anilines is 1. The zero-order valence-electron chi connectivity index (χ0n) is 7.61. The summed E-state index contributed by atoms with van der Waals surface area (Å²) >= 11 is 0. The van der Waals surface area contributed by atoms with Gasteiger partial charge < -0.3 is 5.73 Å². The molecule has 0 aromatic carbocycles. The van der Waals surface area contributed by atoms with Gasteiger partial charge in [-0.15, -0.1) is 0 Å². The highest BCUT2D eigenvalue weighted by atomic mass is 32.2. The number of aryl methyl sites for hydroxylation is 1. The molecule has 0 unspecified atom stereocenters. The van der Waals surface area contributed by atoms with Crippen LogP contribution in [0.25, 0.3) is 0 Å². The summed E-state index contributed by atoms with van der Waals surface area (Å²) < 4.78 is 21.9. The van der Waals surface area contributed by atoms with Gasteiger partial charge in [0.1, 0.15) is 5.82 Å². The molecule has 0 aliphatic rings. The van der Waals surface area contributed by atoms with Gasteiger partial charge in [0, 0.05) is 11.9 Å². The Morgan fingerprint density at radius 2 is 2.08 bits per heavy atom. The summed E-state index contributed by atoms with van der Waals surface area (Å²) in [6.07, 6.45) is 1.19. The minimum atomic E-state index is -2.99. The van der Waals surface area contributed by atoms with Crippen LogP contribution in [0, 0.1) is 6.92 Å². The van der Waals surface area contributed by atoms with Gasteiger partial charge in [0.15, 0.2) is 9.84 Å². The smallest absolute Gasteiger partial charge is 0.151 e. The molecule has 0 spiro atoms. The SMILES string of the molecule is Cc1cc(CS(C)(=O)=O)cc(N)n1. The highest BCUT2D eigenvalue weighted by molar-refractivity contribution is 7.89. The van der Waals surface area contributed by atoms with Gasteiger partial charge in [0.2, 0.25) is 0 Å². The summed E-state index contributed by atoms with van der Waals surface area (Å²) in [5, 5.41) is 0. The second-order valence-electron chi connectivity index (χ2n) is 3.11. The summed E-state index contributed by atoms with van der Waals surface area (Å²) in [7, 11) is -2.99. The predicted octanol–water partition coefficient (Wildman–Crippen LogP) is 0.517. The van der Waals surface area contributed by atoms with E-state index in [1.807, 2.05) is 0 Å². The van der Waals surface area contributed by atoms with E-state index in [0.717, 1.165) is 5.69 Å². The first kappa shape index (κ1) is 9.98. The molecule has 0 aliphatic heterocycles. The van der Waals surface area contributed by atoms with Crippen LogP contribution in [-0.4, -0.2) is 19.7 Å². The average molecular weight is 200 g/mol. The number of pyridine rings is 1. The summed E-state index contributed by atoms with van der Waals surface area (Å²) in [5.74, 6) is 0.374. The van der Waals surface area contributed by atoms with Gasteiger partial charge in [-0.2, -0.15) is 0 Å². The minimum Gasteiger partial charge on any atom is -0.384 e. The van der Waals surface area contributed by atoms with Crippen molar-refractivity contribution in [3.8, 4) is 0 Å². The molecule has 0 atom stereocenters. The first-order chi connectivity index (χ1) is 5.87. The van der Waals surface area contributed by atoms with Gasteiger partial charge in [0.25, 0.3) is 0 Å². The number of aromatic nitrogens is 1. The van der Waals surface area contributed by atoms with Gasteiger partial charge in [-0.25, -0.2) is 13.4 Å². The zero-order valence-corrected chi connectivity index (χ0v) is 8.43. The molecule has 72 valence electrons. The van der Waals surface area contributed by atoms with Crippen LogP contribution in [-0.2, 0) is 15.6 Å². The fraction of sp³-hybridized carbons (Fsp3) is 0.375. The van der Waals surface area contributed by atoms with Crippen LogP contribution in [0.2, 0.25) is 0 Å². The van der Waals surface area contributed by atoms with E-state index in [9.17, 15) is 8.42 Å². The van der Waals surface area contributed by atoms with Crippen molar-refractivity contribution < 1.29 is 8.42 Å².